The summed E-state index contributed by atoms with van der Waals surface area (Å²) in [6, 6.07) is 4.07. The van der Waals surface area contributed by atoms with Gasteiger partial charge >= 0.3 is 0 Å². The van der Waals surface area contributed by atoms with Crippen molar-refractivity contribution in [3.63, 3.8) is 0 Å². The molecule has 0 radical (unpaired) electrons. The van der Waals surface area contributed by atoms with Crippen molar-refractivity contribution in [3.8, 4) is 0 Å². The third-order valence-electron chi connectivity index (χ3n) is 1.74. The van der Waals surface area contributed by atoms with Crippen molar-refractivity contribution in [1.29, 1.82) is 0 Å². The lowest BCUT2D eigenvalue weighted by Crippen LogP contribution is -1.80. The van der Waals surface area contributed by atoms with E-state index in [0.29, 0.717) is 0 Å². The SMILES string of the molecule is CCCCS/C(=C/C=O)c1cccs1. The number of carbonyl (C=O) groups excluding carboxylic acids is 1. The molecule has 0 aromatic carbocycles. The summed E-state index contributed by atoms with van der Waals surface area (Å²) in [4.78, 5) is 12.8. The van der Waals surface area contributed by atoms with Gasteiger partial charge in [-0.1, -0.05) is 19.4 Å². The van der Waals surface area contributed by atoms with Crippen molar-refractivity contribution < 1.29 is 4.79 Å². The molecule has 0 saturated heterocycles. The monoisotopic (exact) mass is 226 g/mol. The van der Waals surface area contributed by atoms with Crippen LogP contribution in [0.5, 0.6) is 0 Å². The standard InChI is InChI=1S/C11H14OS2/c1-2-3-8-13-11(6-7-12)10-5-4-9-14-10/h4-7,9H,2-3,8H2,1H3/b11-6+. The Morgan fingerprint density at radius 1 is 1.64 bits per heavy atom. The maximum Gasteiger partial charge on any atom is 0.144 e. The average molecular weight is 226 g/mol. The predicted octanol–water partition coefficient (Wildman–Crippen LogP) is 3.82. The first kappa shape index (κ1) is 11.5. The van der Waals surface area contributed by atoms with Crippen molar-refractivity contribution >= 4 is 34.3 Å². The molecule has 0 atom stereocenters. The summed E-state index contributed by atoms with van der Waals surface area (Å²) in [5.41, 5.74) is 0. The molecule has 1 rings (SSSR count). The summed E-state index contributed by atoms with van der Waals surface area (Å²) in [5, 5.41) is 2.04. The minimum atomic E-state index is 0.869. The Kier molecular flexibility index (Phi) is 5.64. The van der Waals surface area contributed by atoms with Gasteiger partial charge in [0.15, 0.2) is 0 Å². The van der Waals surface area contributed by atoms with Crippen LogP contribution in [-0.4, -0.2) is 12.0 Å². The second-order valence-corrected chi connectivity index (χ2v) is 4.93. The number of rotatable bonds is 6. The smallest absolute Gasteiger partial charge is 0.144 e. The summed E-state index contributed by atoms with van der Waals surface area (Å²) in [5.74, 6) is 1.09. The van der Waals surface area contributed by atoms with E-state index in [2.05, 4.69) is 13.0 Å². The molecule has 1 aromatic rings. The molecule has 0 saturated carbocycles. The molecule has 0 aliphatic carbocycles. The van der Waals surface area contributed by atoms with Crippen LogP contribution in [-0.2, 0) is 4.79 Å². The summed E-state index contributed by atoms with van der Waals surface area (Å²) in [7, 11) is 0. The molecular weight excluding hydrogens is 212 g/mol. The lowest BCUT2D eigenvalue weighted by Gasteiger charge is -2.02. The number of thiophene rings is 1. The highest BCUT2D eigenvalue weighted by atomic mass is 32.2. The Labute approximate surface area is 93.2 Å². The van der Waals surface area contributed by atoms with Crippen LogP contribution in [0.3, 0.4) is 0 Å². The second-order valence-electron chi connectivity index (χ2n) is 2.85. The quantitative estimate of drug-likeness (QED) is 0.417. The second kappa shape index (κ2) is 6.85. The molecular formula is C11H14OS2. The summed E-state index contributed by atoms with van der Waals surface area (Å²) in [6.45, 7) is 2.18. The molecule has 0 N–H and O–H groups in total. The number of allylic oxidation sites excluding steroid dienone is 1. The molecule has 3 heteroatoms. The zero-order valence-corrected chi connectivity index (χ0v) is 9.87. The normalized spacial score (nSPS) is 11.6. The molecule has 0 fully saturated rings. The first-order chi connectivity index (χ1) is 6.88. The fraction of sp³-hybridized carbons (Fsp3) is 0.364. The zero-order valence-electron chi connectivity index (χ0n) is 8.23. The average Bonchev–Trinajstić information content (AvgIpc) is 2.70. The van der Waals surface area contributed by atoms with Gasteiger partial charge in [-0.15, -0.1) is 23.1 Å². The predicted molar refractivity (Wildman–Crippen MR) is 65.7 cm³/mol. The van der Waals surface area contributed by atoms with Gasteiger partial charge in [0.25, 0.3) is 0 Å². The van der Waals surface area contributed by atoms with Crippen molar-refractivity contribution in [1.82, 2.24) is 0 Å². The molecule has 0 spiro atoms. The van der Waals surface area contributed by atoms with E-state index in [4.69, 9.17) is 0 Å². The van der Waals surface area contributed by atoms with Gasteiger partial charge in [0.2, 0.25) is 0 Å². The summed E-state index contributed by atoms with van der Waals surface area (Å²) in [6.07, 6.45) is 4.93. The Morgan fingerprint density at radius 2 is 2.50 bits per heavy atom. The van der Waals surface area contributed by atoms with E-state index >= 15 is 0 Å². The van der Waals surface area contributed by atoms with E-state index < -0.39 is 0 Å². The molecule has 0 bridgehead atoms. The van der Waals surface area contributed by atoms with Crippen molar-refractivity contribution in [3.05, 3.63) is 28.5 Å². The minimum absolute atomic E-state index is 0.869. The molecule has 0 unspecified atom stereocenters. The Hall–Kier alpha value is -0.540. The largest absolute Gasteiger partial charge is 0.299 e. The molecule has 0 aliphatic rings. The van der Waals surface area contributed by atoms with Crippen LogP contribution in [0.15, 0.2) is 23.6 Å². The van der Waals surface area contributed by atoms with E-state index in [1.807, 2.05) is 11.4 Å². The fourth-order valence-electron chi connectivity index (χ4n) is 1.01. The Bertz CT molecular complexity index is 288. The first-order valence-electron chi connectivity index (χ1n) is 4.70. The van der Waals surface area contributed by atoms with Gasteiger partial charge in [-0.2, -0.15) is 0 Å². The van der Waals surface area contributed by atoms with E-state index in [9.17, 15) is 4.79 Å². The maximum absolute atomic E-state index is 10.5. The number of hydrogen-bond acceptors (Lipinski definition) is 3. The molecule has 14 heavy (non-hydrogen) atoms. The van der Waals surface area contributed by atoms with Gasteiger partial charge in [-0.3, -0.25) is 4.79 Å². The zero-order chi connectivity index (χ0) is 10.2. The third kappa shape index (κ3) is 3.68. The Morgan fingerprint density at radius 3 is 3.07 bits per heavy atom. The van der Waals surface area contributed by atoms with Crippen molar-refractivity contribution in [2.75, 3.05) is 5.75 Å². The van der Waals surface area contributed by atoms with Crippen LogP contribution in [0.4, 0.5) is 0 Å². The number of aldehydes is 1. The number of hydrogen-bond donors (Lipinski definition) is 0. The summed E-state index contributed by atoms with van der Waals surface area (Å²) >= 11 is 3.45. The van der Waals surface area contributed by atoms with E-state index in [0.717, 1.165) is 16.9 Å². The number of carbonyl (C=O) groups is 1. The lowest BCUT2D eigenvalue weighted by atomic mass is 10.4. The van der Waals surface area contributed by atoms with Crippen LogP contribution in [0.1, 0.15) is 24.6 Å². The van der Waals surface area contributed by atoms with Crippen LogP contribution in [0, 0.1) is 0 Å². The third-order valence-corrected chi connectivity index (χ3v) is 3.93. The Balaban J connectivity index is 2.57. The fourth-order valence-corrected chi connectivity index (χ4v) is 2.99. The molecule has 76 valence electrons. The van der Waals surface area contributed by atoms with Crippen LogP contribution in [0.25, 0.3) is 4.91 Å². The van der Waals surface area contributed by atoms with Crippen LogP contribution in [0.2, 0.25) is 0 Å². The van der Waals surface area contributed by atoms with Gasteiger partial charge < -0.3 is 0 Å². The first-order valence-corrected chi connectivity index (χ1v) is 6.57. The van der Waals surface area contributed by atoms with E-state index in [1.165, 1.54) is 17.7 Å². The van der Waals surface area contributed by atoms with Gasteiger partial charge in [0.05, 0.1) is 0 Å². The number of thioether (sulfide) groups is 1. The van der Waals surface area contributed by atoms with Gasteiger partial charge in [0.1, 0.15) is 6.29 Å². The molecule has 1 heterocycles. The molecule has 0 amide bonds. The minimum Gasteiger partial charge on any atom is -0.299 e. The van der Waals surface area contributed by atoms with E-state index in [1.54, 1.807) is 29.2 Å². The highest BCUT2D eigenvalue weighted by Gasteiger charge is 2.02. The molecule has 0 aliphatic heterocycles. The van der Waals surface area contributed by atoms with Gasteiger partial charge in [-0.05, 0) is 29.7 Å². The lowest BCUT2D eigenvalue weighted by molar-refractivity contribution is -0.104. The van der Waals surface area contributed by atoms with Crippen LogP contribution < -0.4 is 0 Å². The van der Waals surface area contributed by atoms with E-state index in [-0.39, 0.29) is 0 Å². The van der Waals surface area contributed by atoms with Gasteiger partial charge in [0, 0.05) is 9.78 Å². The van der Waals surface area contributed by atoms with Crippen molar-refractivity contribution in [2.45, 2.75) is 19.8 Å². The molecule has 1 aromatic heterocycles. The van der Waals surface area contributed by atoms with Crippen LogP contribution >= 0.6 is 23.1 Å². The molecule has 1 nitrogen and oxygen atoms in total. The highest BCUT2D eigenvalue weighted by molar-refractivity contribution is 8.08. The maximum atomic E-state index is 10.5. The summed E-state index contributed by atoms with van der Waals surface area (Å²) < 4.78 is 0. The highest BCUT2D eigenvalue weighted by Crippen LogP contribution is 2.30. The number of unbranched alkanes of at least 4 members (excludes halogenated alkanes) is 1. The topological polar surface area (TPSA) is 17.1 Å². The van der Waals surface area contributed by atoms with Crippen molar-refractivity contribution in [2.24, 2.45) is 0 Å². The van der Waals surface area contributed by atoms with Gasteiger partial charge in [-0.25, -0.2) is 0 Å².